The summed E-state index contributed by atoms with van der Waals surface area (Å²) in [6.45, 7) is 2.20. The molecule has 2 saturated heterocycles. The van der Waals surface area contributed by atoms with Crippen molar-refractivity contribution in [2.75, 3.05) is 0 Å². The largest absolute Gasteiger partial charge is 0.353 e. The lowest BCUT2D eigenvalue weighted by Gasteiger charge is -2.19. The Morgan fingerprint density at radius 2 is 2.14 bits per heavy atom. The molecule has 3 heteroatoms. The second kappa shape index (κ2) is 2.96. The molecule has 1 amide bonds. The summed E-state index contributed by atoms with van der Waals surface area (Å²) in [6.07, 6.45) is 4.72. The molecular weight excluding hydrogens is 176 g/mol. The lowest BCUT2D eigenvalue weighted by molar-refractivity contribution is -0.125. The number of fused-ring (bicyclic) bond motifs is 2. The maximum Gasteiger partial charge on any atom is 0.224 e. The van der Waals surface area contributed by atoms with Gasteiger partial charge in [0, 0.05) is 18.1 Å². The van der Waals surface area contributed by atoms with E-state index >= 15 is 0 Å². The van der Waals surface area contributed by atoms with E-state index in [-0.39, 0.29) is 5.92 Å². The van der Waals surface area contributed by atoms with E-state index in [2.05, 4.69) is 17.6 Å². The molecule has 5 atom stereocenters. The van der Waals surface area contributed by atoms with Gasteiger partial charge in [-0.05, 0) is 31.6 Å². The highest BCUT2D eigenvalue weighted by atomic mass is 16.2. The number of hydrogen-bond donors (Lipinski definition) is 2. The smallest absolute Gasteiger partial charge is 0.224 e. The van der Waals surface area contributed by atoms with Crippen molar-refractivity contribution < 1.29 is 4.79 Å². The van der Waals surface area contributed by atoms with E-state index < -0.39 is 0 Å². The van der Waals surface area contributed by atoms with Crippen molar-refractivity contribution in [1.82, 2.24) is 10.6 Å². The maximum atomic E-state index is 11.9. The Hall–Kier alpha value is -0.570. The zero-order valence-corrected chi connectivity index (χ0v) is 8.62. The van der Waals surface area contributed by atoms with Crippen molar-refractivity contribution in [3.8, 4) is 0 Å². The van der Waals surface area contributed by atoms with Crippen LogP contribution in [0.15, 0.2) is 0 Å². The highest BCUT2D eigenvalue weighted by molar-refractivity contribution is 5.80. The molecule has 0 radical (unpaired) electrons. The molecule has 3 rings (SSSR count). The number of hydrogen-bond acceptors (Lipinski definition) is 2. The van der Waals surface area contributed by atoms with Crippen molar-refractivity contribution in [2.24, 2.45) is 11.8 Å². The summed E-state index contributed by atoms with van der Waals surface area (Å²) in [4.78, 5) is 11.9. The lowest BCUT2D eigenvalue weighted by atomic mass is 9.88. The number of rotatable bonds is 2. The van der Waals surface area contributed by atoms with Crippen LogP contribution in [-0.4, -0.2) is 24.0 Å². The van der Waals surface area contributed by atoms with E-state index in [0.29, 0.717) is 30.0 Å². The van der Waals surface area contributed by atoms with Crippen molar-refractivity contribution in [3.05, 3.63) is 0 Å². The van der Waals surface area contributed by atoms with Crippen molar-refractivity contribution >= 4 is 5.91 Å². The number of carbonyl (C=O) groups is 1. The summed E-state index contributed by atoms with van der Waals surface area (Å²) in [6, 6.07) is 1.60. The van der Waals surface area contributed by atoms with Crippen LogP contribution in [-0.2, 0) is 4.79 Å². The van der Waals surface area contributed by atoms with Gasteiger partial charge in [0.05, 0.1) is 5.92 Å². The van der Waals surface area contributed by atoms with Gasteiger partial charge in [0.15, 0.2) is 0 Å². The summed E-state index contributed by atoms with van der Waals surface area (Å²) < 4.78 is 0. The average molecular weight is 194 g/mol. The fourth-order valence-corrected chi connectivity index (χ4v) is 2.93. The van der Waals surface area contributed by atoms with Crippen LogP contribution >= 0.6 is 0 Å². The predicted octanol–water partition coefficient (Wildman–Crippen LogP) is 0.651. The van der Waals surface area contributed by atoms with Crippen molar-refractivity contribution in [2.45, 2.75) is 50.7 Å². The Bertz CT molecular complexity index is 266. The molecule has 3 nitrogen and oxygen atoms in total. The van der Waals surface area contributed by atoms with Gasteiger partial charge in [-0.3, -0.25) is 4.79 Å². The van der Waals surface area contributed by atoms with E-state index in [1.54, 1.807) is 0 Å². The first-order valence-electron chi connectivity index (χ1n) is 5.80. The third-order valence-corrected chi connectivity index (χ3v) is 4.07. The lowest BCUT2D eigenvalue weighted by Crippen LogP contribution is -2.38. The number of carbonyl (C=O) groups excluding carboxylic acids is 1. The van der Waals surface area contributed by atoms with Crippen LogP contribution in [0.5, 0.6) is 0 Å². The summed E-state index contributed by atoms with van der Waals surface area (Å²) in [5, 5.41) is 6.65. The first kappa shape index (κ1) is 8.72. The second-order valence-electron chi connectivity index (χ2n) is 5.22. The number of nitrogens with one attached hydrogen (secondary N) is 2. The van der Waals surface area contributed by atoms with Gasteiger partial charge in [0.25, 0.3) is 0 Å². The Morgan fingerprint density at radius 3 is 2.64 bits per heavy atom. The van der Waals surface area contributed by atoms with E-state index in [0.717, 1.165) is 6.42 Å². The maximum absolute atomic E-state index is 11.9. The molecule has 78 valence electrons. The van der Waals surface area contributed by atoms with Gasteiger partial charge in [0.2, 0.25) is 5.91 Å². The molecule has 0 aromatic rings. The summed E-state index contributed by atoms with van der Waals surface area (Å²) in [5.74, 6) is 1.28. The van der Waals surface area contributed by atoms with Gasteiger partial charge in [0.1, 0.15) is 0 Å². The van der Waals surface area contributed by atoms with Crippen LogP contribution in [0, 0.1) is 11.8 Å². The van der Waals surface area contributed by atoms with Crippen LogP contribution in [0.4, 0.5) is 0 Å². The molecule has 3 fully saturated rings. The van der Waals surface area contributed by atoms with Crippen LogP contribution < -0.4 is 10.6 Å². The Balaban J connectivity index is 1.58. The van der Waals surface area contributed by atoms with E-state index in [9.17, 15) is 4.79 Å². The van der Waals surface area contributed by atoms with Gasteiger partial charge in [-0.25, -0.2) is 0 Å². The molecule has 14 heavy (non-hydrogen) atoms. The summed E-state index contributed by atoms with van der Waals surface area (Å²) in [7, 11) is 0. The van der Waals surface area contributed by atoms with Gasteiger partial charge in [-0.2, -0.15) is 0 Å². The van der Waals surface area contributed by atoms with Crippen molar-refractivity contribution in [3.63, 3.8) is 0 Å². The van der Waals surface area contributed by atoms with Crippen molar-refractivity contribution in [1.29, 1.82) is 0 Å². The minimum absolute atomic E-state index is 0.265. The third kappa shape index (κ3) is 1.34. The predicted molar refractivity (Wildman–Crippen MR) is 53.8 cm³/mol. The molecule has 1 aliphatic carbocycles. The van der Waals surface area contributed by atoms with Crippen LogP contribution in [0.3, 0.4) is 0 Å². The zero-order chi connectivity index (χ0) is 9.71. The van der Waals surface area contributed by atoms with E-state index in [1.165, 1.54) is 19.3 Å². The monoisotopic (exact) mass is 194 g/mol. The SMILES string of the molecule is CC1CC1NC(=O)C1CC2CCC1N2. The standard InChI is InChI=1S/C11H18N2O/c1-6-4-10(6)13-11(14)8-5-7-2-3-9(8)12-7/h6-10,12H,2-5H2,1H3,(H,13,14). The quantitative estimate of drug-likeness (QED) is 0.677. The molecule has 2 bridgehead atoms. The number of amides is 1. The molecule has 0 spiro atoms. The molecule has 3 aliphatic rings. The average Bonchev–Trinajstić information content (AvgIpc) is 2.67. The first-order chi connectivity index (χ1) is 6.74. The molecule has 0 aromatic heterocycles. The van der Waals surface area contributed by atoms with Gasteiger partial charge < -0.3 is 10.6 Å². The molecule has 1 saturated carbocycles. The highest BCUT2D eigenvalue weighted by Gasteiger charge is 2.44. The van der Waals surface area contributed by atoms with E-state index in [4.69, 9.17) is 0 Å². The van der Waals surface area contributed by atoms with Gasteiger partial charge in [-0.15, -0.1) is 0 Å². The fraction of sp³-hybridized carbons (Fsp3) is 0.909. The van der Waals surface area contributed by atoms with E-state index in [1.807, 2.05) is 0 Å². The summed E-state index contributed by atoms with van der Waals surface area (Å²) >= 11 is 0. The normalized spacial score (nSPS) is 49.4. The molecule has 5 unspecified atom stereocenters. The Labute approximate surface area is 84.6 Å². The Morgan fingerprint density at radius 1 is 1.36 bits per heavy atom. The second-order valence-corrected chi connectivity index (χ2v) is 5.22. The molecule has 0 aromatic carbocycles. The molecule has 2 aliphatic heterocycles. The first-order valence-corrected chi connectivity index (χ1v) is 5.80. The van der Waals surface area contributed by atoms with Crippen LogP contribution in [0.25, 0.3) is 0 Å². The Kier molecular flexibility index (Phi) is 1.84. The van der Waals surface area contributed by atoms with Gasteiger partial charge >= 0.3 is 0 Å². The van der Waals surface area contributed by atoms with Crippen LogP contribution in [0.1, 0.15) is 32.6 Å². The minimum Gasteiger partial charge on any atom is -0.353 e. The topological polar surface area (TPSA) is 41.1 Å². The summed E-state index contributed by atoms with van der Waals surface area (Å²) in [5.41, 5.74) is 0. The fourth-order valence-electron chi connectivity index (χ4n) is 2.93. The molecule has 2 N–H and O–H groups in total. The molecule has 2 heterocycles. The minimum atomic E-state index is 0.265. The van der Waals surface area contributed by atoms with Crippen LogP contribution in [0.2, 0.25) is 0 Å². The van der Waals surface area contributed by atoms with Gasteiger partial charge in [-0.1, -0.05) is 6.92 Å². The molecular formula is C11H18N2O. The zero-order valence-electron chi connectivity index (χ0n) is 8.62. The highest BCUT2D eigenvalue weighted by Crippen LogP contribution is 2.35. The third-order valence-electron chi connectivity index (χ3n) is 4.07.